The van der Waals surface area contributed by atoms with Gasteiger partial charge in [0.05, 0.1) is 11.9 Å². The zero-order valence-electron chi connectivity index (χ0n) is 13.5. The molecule has 0 atom stereocenters. The molecule has 0 aromatic carbocycles. The highest BCUT2D eigenvalue weighted by atomic mass is 16.1. The van der Waals surface area contributed by atoms with Crippen LogP contribution in [0.4, 0.5) is 5.69 Å². The third kappa shape index (κ3) is 5.72. The molecule has 0 spiro atoms. The summed E-state index contributed by atoms with van der Waals surface area (Å²) in [4.78, 5) is 17.9. The van der Waals surface area contributed by atoms with Crippen molar-refractivity contribution in [3.05, 3.63) is 24.0 Å². The predicted molar refractivity (Wildman–Crippen MR) is 85.4 cm³/mol. The summed E-state index contributed by atoms with van der Waals surface area (Å²) in [6.45, 7) is 12.6. The number of aromatic nitrogens is 1. The molecule has 0 bridgehead atoms. The Morgan fingerprint density at radius 3 is 2.00 bits per heavy atom. The van der Waals surface area contributed by atoms with Crippen LogP contribution >= 0.6 is 0 Å². The van der Waals surface area contributed by atoms with Crippen LogP contribution < -0.4 is 4.90 Å². The van der Waals surface area contributed by atoms with E-state index >= 15 is 0 Å². The van der Waals surface area contributed by atoms with Crippen LogP contribution in [0.15, 0.2) is 18.3 Å². The summed E-state index contributed by atoms with van der Waals surface area (Å²) in [5.41, 5.74) is 1.66. The van der Waals surface area contributed by atoms with E-state index in [0.29, 0.717) is 17.5 Å². The highest BCUT2D eigenvalue weighted by Gasteiger charge is 2.10. The Hall–Kier alpha value is -1.38. The molecule has 0 radical (unpaired) electrons. The van der Waals surface area contributed by atoms with Crippen molar-refractivity contribution >= 4 is 11.5 Å². The van der Waals surface area contributed by atoms with Gasteiger partial charge < -0.3 is 4.90 Å². The lowest BCUT2D eigenvalue weighted by atomic mass is 10.1. The lowest BCUT2D eigenvalue weighted by molar-refractivity contribution is 0.101. The maximum atomic E-state index is 11.3. The Labute approximate surface area is 123 Å². The Balaban J connectivity index is 2.76. The molecule has 112 valence electrons. The van der Waals surface area contributed by atoms with Gasteiger partial charge in [-0.05, 0) is 36.8 Å². The predicted octanol–water partition coefficient (Wildman–Crippen LogP) is 4.18. The fraction of sp³-hybridized carbons (Fsp3) is 0.647. The van der Waals surface area contributed by atoms with Crippen LogP contribution in [0.1, 0.15) is 57.9 Å². The number of nitrogens with zero attached hydrogens (tertiary/aromatic N) is 2. The second-order valence-electron chi connectivity index (χ2n) is 6.31. The Kier molecular flexibility index (Phi) is 6.69. The van der Waals surface area contributed by atoms with E-state index in [0.717, 1.165) is 18.8 Å². The van der Waals surface area contributed by atoms with Gasteiger partial charge in [-0.25, -0.2) is 0 Å². The number of pyridine rings is 1. The van der Waals surface area contributed by atoms with Gasteiger partial charge in [0.2, 0.25) is 0 Å². The van der Waals surface area contributed by atoms with Gasteiger partial charge in [0.25, 0.3) is 0 Å². The van der Waals surface area contributed by atoms with E-state index in [9.17, 15) is 4.79 Å². The molecule has 0 fully saturated rings. The summed E-state index contributed by atoms with van der Waals surface area (Å²) in [5.74, 6) is 1.41. The molecule has 0 aliphatic heterocycles. The molecule has 0 unspecified atom stereocenters. The third-order valence-electron chi connectivity index (χ3n) is 3.43. The third-order valence-corrected chi connectivity index (χ3v) is 3.43. The molecule has 1 aromatic rings. The highest BCUT2D eigenvalue weighted by molar-refractivity contribution is 5.92. The van der Waals surface area contributed by atoms with E-state index < -0.39 is 0 Å². The minimum Gasteiger partial charge on any atom is -0.370 e. The number of hydrogen-bond donors (Lipinski definition) is 0. The first-order chi connectivity index (χ1) is 9.40. The Bertz CT molecular complexity index is 398. The molecule has 3 heteroatoms. The van der Waals surface area contributed by atoms with E-state index in [1.54, 1.807) is 6.92 Å². The number of rotatable bonds is 8. The largest absolute Gasteiger partial charge is 0.370 e. The second kappa shape index (κ2) is 8.03. The number of anilines is 1. The average molecular weight is 276 g/mol. The molecular weight excluding hydrogens is 248 g/mol. The maximum Gasteiger partial charge on any atom is 0.178 e. The van der Waals surface area contributed by atoms with Gasteiger partial charge in [0, 0.05) is 20.0 Å². The summed E-state index contributed by atoms with van der Waals surface area (Å²) in [7, 11) is 0. The molecule has 0 saturated heterocycles. The van der Waals surface area contributed by atoms with E-state index in [-0.39, 0.29) is 5.78 Å². The lowest BCUT2D eigenvalue weighted by Gasteiger charge is -2.26. The monoisotopic (exact) mass is 276 g/mol. The van der Waals surface area contributed by atoms with Crippen molar-refractivity contribution in [2.24, 2.45) is 11.8 Å². The molecule has 1 aromatic heterocycles. The highest BCUT2D eigenvalue weighted by Crippen LogP contribution is 2.17. The van der Waals surface area contributed by atoms with E-state index in [1.807, 2.05) is 18.3 Å². The fourth-order valence-electron chi connectivity index (χ4n) is 1.98. The van der Waals surface area contributed by atoms with Crippen LogP contribution in [0.3, 0.4) is 0 Å². The van der Waals surface area contributed by atoms with E-state index in [1.165, 1.54) is 12.8 Å². The van der Waals surface area contributed by atoms with Gasteiger partial charge in [-0.1, -0.05) is 27.7 Å². The summed E-state index contributed by atoms with van der Waals surface area (Å²) in [6, 6.07) is 3.85. The van der Waals surface area contributed by atoms with Gasteiger partial charge in [0.1, 0.15) is 5.69 Å². The molecule has 1 rings (SSSR count). The Morgan fingerprint density at radius 2 is 1.65 bits per heavy atom. The SMILES string of the molecule is CC(=O)c1ccc(N(CCC(C)C)CCC(C)C)cn1. The van der Waals surface area contributed by atoms with Crippen LogP contribution in [-0.2, 0) is 0 Å². The molecule has 20 heavy (non-hydrogen) atoms. The molecule has 1 heterocycles. The van der Waals surface area contributed by atoms with E-state index in [2.05, 4.69) is 37.6 Å². The number of carbonyl (C=O) groups is 1. The topological polar surface area (TPSA) is 33.2 Å². The molecule has 0 saturated carbocycles. The van der Waals surface area contributed by atoms with Gasteiger partial charge in [-0.2, -0.15) is 0 Å². The maximum absolute atomic E-state index is 11.3. The average Bonchev–Trinajstić information content (AvgIpc) is 2.38. The van der Waals surface area contributed by atoms with Crippen molar-refractivity contribution in [3.8, 4) is 0 Å². The van der Waals surface area contributed by atoms with Crippen LogP contribution in [0.5, 0.6) is 0 Å². The quantitative estimate of drug-likeness (QED) is 0.668. The molecule has 0 N–H and O–H groups in total. The van der Waals surface area contributed by atoms with Gasteiger partial charge in [-0.3, -0.25) is 9.78 Å². The van der Waals surface area contributed by atoms with Gasteiger partial charge >= 0.3 is 0 Å². The number of ketones is 1. The van der Waals surface area contributed by atoms with Gasteiger partial charge in [-0.15, -0.1) is 0 Å². The molecular formula is C17H28N2O. The van der Waals surface area contributed by atoms with E-state index in [4.69, 9.17) is 0 Å². The van der Waals surface area contributed by atoms with Crippen molar-refractivity contribution in [2.45, 2.75) is 47.5 Å². The summed E-state index contributed by atoms with van der Waals surface area (Å²) in [6.07, 6.45) is 4.18. The first-order valence-electron chi connectivity index (χ1n) is 7.62. The minimum atomic E-state index is 0.0208. The van der Waals surface area contributed by atoms with Crippen LogP contribution in [-0.4, -0.2) is 23.9 Å². The summed E-state index contributed by atoms with van der Waals surface area (Å²) in [5, 5.41) is 0. The summed E-state index contributed by atoms with van der Waals surface area (Å²) < 4.78 is 0. The van der Waals surface area contributed by atoms with Crippen LogP contribution in [0, 0.1) is 11.8 Å². The molecule has 0 aliphatic rings. The fourth-order valence-corrected chi connectivity index (χ4v) is 1.98. The van der Waals surface area contributed by atoms with Crippen LogP contribution in [0.2, 0.25) is 0 Å². The first kappa shape index (κ1) is 16.7. The zero-order chi connectivity index (χ0) is 15.1. The van der Waals surface area contributed by atoms with Crippen molar-refractivity contribution in [1.29, 1.82) is 0 Å². The van der Waals surface area contributed by atoms with Crippen molar-refractivity contribution in [1.82, 2.24) is 4.98 Å². The Morgan fingerprint density at radius 1 is 1.10 bits per heavy atom. The zero-order valence-corrected chi connectivity index (χ0v) is 13.5. The number of Topliss-reactive ketones (excluding diaryl/α,β-unsaturated/α-hetero) is 1. The summed E-state index contributed by atoms with van der Waals surface area (Å²) >= 11 is 0. The molecule has 0 aliphatic carbocycles. The number of hydrogen-bond acceptors (Lipinski definition) is 3. The standard InChI is InChI=1S/C17H28N2O/c1-13(2)8-10-19(11-9-14(3)4)16-6-7-17(15(5)20)18-12-16/h6-7,12-14H,8-11H2,1-5H3. The molecule has 3 nitrogen and oxygen atoms in total. The first-order valence-corrected chi connectivity index (χ1v) is 7.62. The minimum absolute atomic E-state index is 0.0208. The van der Waals surface area contributed by atoms with Crippen LogP contribution in [0.25, 0.3) is 0 Å². The van der Waals surface area contributed by atoms with Crippen molar-refractivity contribution < 1.29 is 4.79 Å². The van der Waals surface area contributed by atoms with Crippen molar-refractivity contribution in [3.63, 3.8) is 0 Å². The van der Waals surface area contributed by atoms with Crippen molar-refractivity contribution in [2.75, 3.05) is 18.0 Å². The normalized spacial score (nSPS) is 11.2. The smallest absolute Gasteiger partial charge is 0.178 e. The second-order valence-corrected chi connectivity index (χ2v) is 6.31. The molecule has 0 amide bonds. The lowest BCUT2D eigenvalue weighted by Crippen LogP contribution is -2.27. The number of carbonyl (C=O) groups excluding carboxylic acids is 1. The van der Waals surface area contributed by atoms with Gasteiger partial charge in [0.15, 0.2) is 5.78 Å².